The summed E-state index contributed by atoms with van der Waals surface area (Å²) in [6.07, 6.45) is 3.01. The first-order valence-electron chi connectivity index (χ1n) is 9.46. The minimum absolute atomic E-state index is 0.147. The van der Waals surface area contributed by atoms with Crippen molar-refractivity contribution < 1.29 is 28.5 Å². The average molecular weight is 418 g/mol. The molecule has 0 spiro atoms. The van der Waals surface area contributed by atoms with Crippen molar-refractivity contribution in [1.29, 1.82) is 0 Å². The summed E-state index contributed by atoms with van der Waals surface area (Å²) in [5.74, 6) is 0.303. The van der Waals surface area contributed by atoms with Crippen molar-refractivity contribution in [3.8, 4) is 23.0 Å². The van der Waals surface area contributed by atoms with Gasteiger partial charge in [-0.15, -0.1) is 0 Å². The molecule has 0 atom stereocenters. The molecule has 0 bridgehead atoms. The van der Waals surface area contributed by atoms with E-state index in [1.54, 1.807) is 66.7 Å². The van der Waals surface area contributed by atoms with Gasteiger partial charge in [0.1, 0.15) is 17.1 Å². The van der Waals surface area contributed by atoms with Gasteiger partial charge in [0.05, 0.1) is 21.3 Å². The van der Waals surface area contributed by atoms with E-state index >= 15 is 0 Å². The molecule has 0 amide bonds. The molecule has 0 aliphatic heterocycles. The topological polar surface area (TPSA) is 71.1 Å². The van der Waals surface area contributed by atoms with E-state index < -0.39 is 5.97 Å². The fourth-order valence-corrected chi connectivity index (χ4v) is 2.99. The van der Waals surface area contributed by atoms with Crippen molar-refractivity contribution in [2.75, 3.05) is 21.3 Å². The van der Waals surface area contributed by atoms with E-state index in [0.717, 1.165) is 0 Å². The Bertz CT molecular complexity index is 1080. The highest BCUT2D eigenvalue weighted by Gasteiger charge is 2.23. The lowest BCUT2D eigenvalue weighted by Crippen LogP contribution is -2.13. The Hall–Kier alpha value is -4.06. The van der Waals surface area contributed by atoms with E-state index in [0.29, 0.717) is 28.4 Å². The summed E-state index contributed by atoms with van der Waals surface area (Å²) in [7, 11) is 4.38. The second-order valence-electron chi connectivity index (χ2n) is 6.37. The first kappa shape index (κ1) is 21.6. The second-order valence-corrected chi connectivity index (χ2v) is 6.37. The van der Waals surface area contributed by atoms with Gasteiger partial charge in [0.15, 0.2) is 17.3 Å². The van der Waals surface area contributed by atoms with Crippen molar-refractivity contribution >= 4 is 17.8 Å². The number of ketones is 1. The van der Waals surface area contributed by atoms with Crippen molar-refractivity contribution in [3.63, 3.8) is 0 Å². The number of hydrogen-bond donors (Lipinski definition) is 0. The van der Waals surface area contributed by atoms with Gasteiger partial charge in [0.25, 0.3) is 0 Å². The first-order chi connectivity index (χ1) is 15.1. The van der Waals surface area contributed by atoms with Crippen LogP contribution in [0.2, 0.25) is 0 Å². The summed E-state index contributed by atoms with van der Waals surface area (Å²) in [6.45, 7) is 0. The van der Waals surface area contributed by atoms with Crippen molar-refractivity contribution in [2.45, 2.75) is 0 Å². The van der Waals surface area contributed by atoms with Crippen LogP contribution in [0.25, 0.3) is 6.08 Å². The maximum Gasteiger partial charge on any atom is 0.351 e. The van der Waals surface area contributed by atoms with Gasteiger partial charge < -0.3 is 18.9 Å². The molecule has 6 nitrogen and oxygen atoms in total. The van der Waals surface area contributed by atoms with E-state index in [2.05, 4.69) is 0 Å². The van der Waals surface area contributed by atoms with Crippen molar-refractivity contribution in [1.82, 2.24) is 0 Å². The van der Waals surface area contributed by atoms with Crippen LogP contribution in [0.5, 0.6) is 23.0 Å². The summed E-state index contributed by atoms with van der Waals surface area (Å²) < 4.78 is 21.6. The zero-order chi connectivity index (χ0) is 22.2. The highest BCUT2D eigenvalue weighted by molar-refractivity contribution is 6.07. The fraction of sp³-hybridized carbons (Fsp3) is 0.120. The molecule has 158 valence electrons. The summed E-state index contributed by atoms with van der Waals surface area (Å²) in [5, 5.41) is 0. The second kappa shape index (κ2) is 10.1. The van der Waals surface area contributed by atoms with Gasteiger partial charge >= 0.3 is 5.97 Å². The maximum absolute atomic E-state index is 13.0. The van der Waals surface area contributed by atoms with Crippen LogP contribution in [0.1, 0.15) is 26.3 Å². The van der Waals surface area contributed by atoms with Crippen molar-refractivity contribution in [3.05, 3.63) is 89.5 Å². The van der Waals surface area contributed by atoms with E-state index in [-0.39, 0.29) is 17.1 Å². The Morgan fingerprint density at radius 1 is 0.710 bits per heavy atom. The Balaban J connectivity index is 1.96. The van der Waals surface area contributed by atoms with Crippen LogP contribution in [-0.2, 0) is 0 Å². The van der Waals surface area contributed by atoms with Crippen LogP contribution >= 0.6 is 0 Å². The van der Waals surface area contributed by atoms with Gasteiger partial charge in [-0.3, -0.25) is 4.79 Å². The summed E-state index contributed by atoms with van der Waals surface area (Å²) >= 11 is 0. The predicted molar refractivity (Wildman–Crippen MR) is 117 cm³/mol. The van der Waals surface area contributed by atoms with Gasteiger partial charge in [-0.05, 0) is 30.4 Å². The Kier molecular flexibility index (Phi) is 7.06. The molecule has 3 rings (SSSR count). The molecular formula is C25H22O6. The number of carbonyl (C=O) groups is 2. The van der Waals surface area contributed by atoms with Crippen LogP contribution in [0.15, 0.2) is 72.8 Å². The van der Waals surface area contributed by atoms with Gasteiger partial charge in [-0.1, -0.05) is 48.5 Å². The Labute approximate surface area is 180 Å². The molecule has 0 heterocycles. The minimum Gasteiger partial charge on any atom is -0.496 e. The zero-order valence-electron chi connectivity index (χ0n) is 17.5. The van der Waals surface area contributed by atoms with E-state index in [1.807, 2.05) is 6.07 Å². The molecule has 0 saturated carbocycles. The SMILES string of the molecule is COc1cccc(C=CC(=O)c2ccccc2)c1OC(=O)c1c(OC)cccc1OC. The number of methoxy groups -OCH3 is 3. The van der Waals surface area contributed by atoms with Crippen LogP contribution in [-0.4, -0.2) is 33.1 Å². The lowest BCUT2D eigenvalue weighted by Gasteiger charge is -2.15. The number of para-hydroxylation sites is 1. The number of esters is 1. The smallest absolute Gasteiger partial charge is 0.351 e. The molecule has 0 fully saturated rings. The molecule has 0 N–H and O–H groups in total. The largest absolute Gasteiger partial charge is 0.496 e. The molecule has 3 aromatic rings. The quantitative estimate of drug-likeness (QED) is 0.226. The Morgan fingerprint density at radius 3 is 1.90 bits per heavy atom. The molecule has 0 saturated heterocycles. The van der Waals surface area contributed by atoms with Crippen LogP contribution in [0.3, 0.4) is 0 Å². The number of hydrogen-bond acceptors (Lipinski definition) is 6. The third-order valence-electron chi connectivity index (χ3n) is 4.53. The predicted octanol–water partition coefficient (Wildman–Crippen LogP) is 4.83. The van der Waals surface area contributed by atoms with Gasteiger partial charge in [-0.2, -0.15) is 0 Å². The highest BCUT2D eigenvalue weighted by atomic mass is 16.6. The van der Waals surface area contributed by atoms with Gasteiger partial charge in [0.2, 0.25) is 0 Å². The van der Waals surface area contributed by atoms with E-state index in [4.69, 9.17) is 18.9 Å². The molecule has 0 unspecified atom stereocenters. The van der Waals surface area contributed by atoms with Crippen molar-refractivity contribution in [2.24, 2.45) is 0 Å². The molecule has 3 aromatic carbocycles. The van der Waals surface area contributed by atoms with E-state index in [1.165, 1.54) is 27.4 Å². The third kappa shape index (κ3) is 4.93. The molecule has 0 aliphatic carbocycles. The number of benzene rings is 3. The fourth-order valence-electron chi connectivity index (χ4n) is 2.99. The average Bonchev–Trinajstić information content (AvgIpc) is 2.82. The molecule has 31 heavy (non-hydrogen) atoms. The van der Waals surface area contributed by atoms with Crippen LogP contribution in [0, 0.1) is 0 Å². The van der Waals surface area contributed by atoms with Crippen LogP contribution in [0.4, 0.5) is 0 Å². The lowest BCUT2D eigenvalue weighted by molar-refractivity contribution is 0.0722. The number of allylic oxidation sites excluding steroid dienone is 1. The van der Waals surface area contributed by atoms with Gasteiger partial charge in [0, 0.05) is 11.1 Å². The first-order valence-corrected chi connectivity index (χ1v) is 9.46. The minimum atomic E-state index is -0.678. The molecule has 6 heteroatoms. The molecule has 0 aliphatic rings. The number of ether oxygens (including phenoxy) is 4. The highest BCUT2D eigenvalue weighted by Crippen LogP contribution is 2.35. The summed E-state index contributed by atoms with van der Waals surface area (Å²) in [5.41, 5.74) is 1.21. The monoisotopic (exact) mass is 418 g/mol. The maximum atomic E-state index is 13.0. The summed E-state index contributed by atoms with van der Waals surface area (Å²) in [6, 6.07) is 19.0. The van der Waals surface area contributed by atoms with E-state index in [9.17, 15) is 9.59 Å². The third-order valence-corrected chi connectivity index (χ3v) is 4.53. The normalized spacial score (nSPS) is 10.5. The Morgan fingerprint density at radius 2 is 1.29 bits per heavy atom. The molecule has 0 aromatic heterocycles. The number of rotatable bonds is 8. The zero-order valence-corrected chi connectivity index (χ0v) is 17.5. The van der Waals surface area contributed by atoms with Crippen LogP contribution < -0.4 is 18.9 Å². The standard InChI is InChI=1S/C25H22O6/c1-28-20-12-8-13-21(29-2)23(20)25(27)31-24-18(11-7-14-22(24)30-3)15-16-19(26)17-9-5-4-6-10-17/h4-16H,1-3H3. The molecule has 0 radical (unpaired) electrons. The lowest BCUT2D eigenvalue weighted by atomic mass is 10.1. The van der Waals surface area contributed by atoms with Gasteiger partial charge in [-0.25, -0.2) is 4.79 Å². The summed E-state index contributed by atoms with van der Waals surface area (Å²) in [4.78, 5) is 25.5. The number of carbonyl (C=O) groups excluding carboxylic acids is 2. The molecular weight excluding hydrogens is 396 g/mol.